The normalized spacial score (nSPS) is 11.9. The fourth-order valence-electron chi connectivity index (χ4n) is 10.9. The number of benzene rings is 9. The van der Waals surface area contributed by atoms with Gasteiger partial charge < -0.3 is 4.57 Å². The van der Waals surface area contributed by atoms with Crippen LogP contribution in [0.4, 0.5) is 0 Å². The van der Waals surface area contributed by atoms with Gasteiger partial charge >= 0.3 is 0 Å². The van der Waals surface area contributed by atoms with E-state index in [0.29, 0.717) is 0 Å². The van der Waals surface area contributed by atoms with Crippen LogP contribution in [0.15, 0.2) is 231 Å². The lowest BCUT2D eigenvalue weighted by molar-refractivity contribution is 1.18. The Hall–Kier alpha value is -8.99. The van der Waals surface area contributed by atoms with E-state index in [1.54, 1.807) is 0 Å². The minimum absolute atomic E-state index is 0.815. The van der Waals surface area contributed by atoms with Crippen LogP contribution in [0.1, 0.15) is 0 Å². The maximum absolute atomic E-state index is 5.38. The monoisotopic (exact) mass is 850 g/mol. The molecule has 3 aromatic heterocycles. The molecule has 0 atom stereocenters. The van der Waals surface area contributed by atoms with E-state index in [-0.39, 0.29) is 0 Å². The number of para-hydroxylation sites is 2. The van der Waals surface area contributed by atoms with Crippen molar-refractivity contribution in [3.63, 3.8) is 0 Å². The van der Waals surface area contributed by atoms with Gasteiger partial charge in [0.25, 0.3) is 0 Å². The molecule has 12 aromatic rings. The second-order valence-corrected chi connectivity index (χ2v) is 17.5. The zero-order valence-corrected chi connectivity index (χ0v) is 36.2. The fourth-order valence-corrected chi connectivity index (χ4v) is 10.9. The molecule has 0 unspecified atom stereocenters. The Labute approximate surface area is 387 Å². The molecule has 4 nitrogen and oxygen atoms in total. The van der Waals surface area contributed by atoms with Crippen LogP contribution in [0.5, 0.6) is 0 Å². The smallest absolute Gasteiger partial charge is 0.0892 e. The number of fused-ring (bicyclic) bond motifs is 19. The lowest BCUT2D eigenvalue weighted by atomic mass is 9.80. The Morgan fingerprint density at radius 2 is 0.687 bits per heavy atom. The molecule has 0 spiro atoms. The van der Waals surface area contributed by atoms with Crippen molar-refractivity contribution in [3.05, 3.63) is 231 Å². The second kappa shape index (κ2) is 14.8. The third-order valence-corrected chi connectivity index (χ3v) is 13.9. The molecular weight excluding hydrogens is 813 g/mol. The quantitative estimate of drug-likeness (QED) is 0.178. The van der Waals surface area contributed by atoms with Crippen LogP contribution >= 0.6 is 0 Å². The van der Waals surface area contributed by atoms with E-state index in [1.165, 1.54) is 77.4 Å². The molecule has 4 heteroatoms. The number of hydrogen-bond acceptors (Lipinski definition) is 3. The summed E-state index contributed by atoms with van der Waals surface area (Å²) in [5, 5.41) is 2.50. The van der Waals surface area contributed by atoms with Gasteiger partial charge in [-0.15, -0.1) is 0 Å². The number of aromatic nitrogens is 4. The number of pyridine rings is 1. The van der Waals surface area contributed by atoms with Crippen molar-refractivity contribution in [1.82, 2.24) is 19.5 Å². The molecule has 0 amide bonds. The highest BCUT2D eigenvalue weighted by Crippen LogP contribution is 2.51. The van der Waals surface area contributed by atoms with E-state index in [0.717, 1.165) is 61.7 Å². The minimum atomic E-state index is 0.815. The molecule has 0 bridgehead atoms. The molecule has 2 aliphatic carbocycles. The Balaban J connectivity index is 0.926. The zero-order chi connectivity index (χ0) is 44.0. The molecule has 0 saturated heterocycles. The molecule has 310 valence electrons. The summed E-state index contributed by atoms with van der Waals surface area (Å²) in [5.74, 6) is 0. The summed E-state index contributed by atoms with van der Waals surface area (Å²) in [5.41, 5.74) is 25.7. The first-order valence-electron chi connectivity index (χ1n) is 22.8. The van der Waals surface area contributed by atoms with Crippen molar-refractivity contribution in [2.24, 2.45) is 0 Å². The molecule has 14 rings (SSSR count). The van der Waals surface area contributed by atoms with E-state index in [9.17, 15) is 0 Å². The first kappa shape index (κ1) is 37.4. The molecule has 0 aliphatic heterocycles. The van der Waals surface area contributed by atoms with Crippen molar-refractivity contribution in [3.8, 4) is 117 Å². The van der Waals surface area contributed by atoms with Crippen molar-refractivity contribution >= 4 is 21.8 Å². The van der Waals surface area contributed by atoms with Crippen LogP contribution in [-0.4, -0.2) is 19.5 Å². The van der Waals surface area contributed by atoms with Gasteiger partial charge in [0, 0.05) is 44.9 Å². The molecule has 0 fully saturated rings. The molecule has 67 heavy (non-hydrogen) atoms. The van der Waals surface area contributed by atoms with Gasteiger partial charge in [0.15, 0.2) is 0 Å². The van der Waals surface area contributed by atoms with Crippen LogP contribution < -0.4 is 0 Å². The Morgan fingerprint density at radius 3 is 1.22 bits per heavy atom. The van der Waals surface area contributed by atoms with E-state index < -0.39 is 0 Å². The number of rotatable bonds is 3. The lowest BCUT2D eigenvalue weighted by Crippen LogP contribution is -2.00. The zero-order valence-electron chi connectivity index (χ0n) is 36.2. The topological polar surface area (TPSA) is 43.6 Å². The van der Waals surface area contributed by atoms with Gasteiger partial charge in [-0.05, 0) is 115 Å². The predicted octanol–water partition coefficient (Wildman–Crippen LogP) is 16.3. The second-order valence-electron chi connectivity index (χ2n) is 17.5. The first-order chi connectivity index (χ1) is 33.2. The first-order valence-corrected chi connectivity index (χ1v) is 22.8. The molecule has 2 aliphatic rings. The van der Waals surface area contributed by atoms with Crippen LogP contribution in [0.25, 0.3) is 139 Å². The van der Waals surface area contributed by atoms with Crippen molar-refractivity contribution in [2.45, 2.75) is 0 Å². The highest BCUT2D eigenvalue weighted by molar-refractivity contribution is 6.10. The Bertz CT molecular complexity index is 3950. The summed E-state index contributed by atoms with van der Waals surface area (Å²) in [6.45, 7) is 0. The summed E-state index contributed by atoms with van der Waals surface area (Å²) in [7, 11) is 0. The summed E-state index contributed by atoms with van der Waals surface area (Å²) < 4.78 is 2.41. The summed E-state index contributed by atoms with van der Waals surface area (Å²) in [6.07, 6.45) is 5.67. The van der Waals surface area contributed by atoms with E-state index in [2.05, 4.69) is 211 Å². The van der Waals surface area contributed by atoms with E-state index in [1.807, 2.05) is 24.7 Å². The third-order valence-electron chi connectivity index (χ3n) is 13.9. The number of hydrogen-bond donors (Lipinski definition) is 0. The Morgan fingerprint density at radius 1 is 0.299 bits per heavy atom. The van der Waals surface area contributed by atoms with Crippen molar-refractivity contribution in [2.75, 3.05) is 0 Å². The third kappa shape index (κ3) is 5.76. The van der Waals surface area contributed by atoms with Crippen molar-refractivity contribution < 1.29 is 0 Å². The summed E-state index contributed by atoms with van der Waals surface area (Å²) >= 11 is 0. The van der Waals surface area contributed by atoms with E-state index in [4.69, 9.17) is 15.0 Å². The average molecular weight is 851 g/mol. The Kier molecular flexibility index (Phi) is 8.25. The van der Waals surface area contributed by atoms with Crippen LogP contribution in [0.3, 0.4) is 0 Å². The van der Waals surface area contributed by atoms with Crippen LogP contribution in [0, 0.1) is 0 Å². The van der Waals surface area contributed by atoms with Gasteiger partial charge in [0.2, 0.25) is 0 Å². The van der Waals surface area contributed by atoms with Gasteiger partial charge in [0.05, 0.1) is 40.5 Å². The van der Waals surface area contributed by atoms with Crippen molar-refractivity contribution in [1.29, 1.82) is 0 Å². The SMILES string of the molecule is c1ccc2c(c1)-c1ccccc1-c1cc(-n3c4ccccc4c4ccccc43)ccc1-c1ccc(-c3cncc(-c4ccc5c(c4)-c4ccccc4-c4ccccc4-c4ncccc4-5)n3)cc1-2. The highest BCUT2D eigenvalue weighted by atomic mass is 15.0. The number of nitrogens with zero attached hydrogens (tertiary/aromatic N) is 4. The van der Waals surface area contributed by atoms with Crippen LogP contribution in [0.2, 0.25) is 0 Å². The minimum Gasteiger partial charge on any atom is -0.309 e. The lowest BCUT2D eigenvalue weighted by Gasteiger charge is -2.24. The summed E-state index contributed by atoms with van der Waals surface area (Å²) in [6, 6.07) is 77.2. The average Bonchev–Trinajstić information content (AvgIpc) is 3.74. The van der Waals surface area contributed by atoms with Crippen LogP contribution in [-0.2, 0) is 0 Å². The predicted molar refractivity (Wildman–Crippen MR) is 276 cm³/mol. The molecule has 0 N–H and O–H groups in total. The van der Waals surface area contributed by atoms with Gasteiger partial charge in [-0.25, -0.2) is 4.98 Å². The maximum atomic E-state index is 5.38. The molecule has 0 saturated carbocycles. The van der Waals surface area contributed by atoms with Gasteiger partial charge in [0.1, 0.15) is 0 Å². The molecule has 0 radical (unpaired) electrons. The molecular formula is C63H38N4. The van der Waals surface area contributed by atoms with Gasteiger partial charge in [-0.2, -0.15) is 0 Å². The molecule has 3 heterocycles. The fraction of sp³-hybridized carbons (Fsp3) is 0. The van der Waals surface area contributed by atoms with Gasteiger partial charge in [-0.3, -0.25) is 9.97 Å². The van der Waals surface area contributed by atoms with Gasteiger partial charge in [-0.1, -0.05) is 170 Å². The molecule has 9 aromatic carbocycles. The highest BCUT2D eigenvalue weighted by Gasteiger charge is 2.26. The standard InChI is InChI=1S/C63H38N4/c1-4-18-46-42(14-1)43-15-2-6-20-48(43)58-36-41(67-61-25-11-9-21-52(61)53-22-10-12-26-62(53)67)29-32-50(58)49-30-27-39(34-56(46)49)59-37-64-38-60(66-59)40-28-31-51-55-24-13-33-65-63(55)54-23-8-7-17-45(54)44-16-3-5-19-47(44)57(51)35-40/h1-38H. The summed E-state index contributed by atoms with van der Waals surface area (Å²) in [4.78, 5) is 15.2. The maximum Gasteiger partial charge on any atom is 0.0892 e. The van der Waals surface area contributed by atoms with E-state index >= 15 is 0 Å². The largest absolute Gasteiger partial charge is 0.309 e.